The van der Waals surface area contributed by atoms with Gasteiger partial charge in [-0.2, -0.15) is 5.10 Å². The predicted octanol–water partition coefficient (Wildman–Crippen LogP) is 3.80. The van der Waals surface area contributed by atoms with Crippen LogP contribution in [0.25, 0.3) is 0 Å². The Hall–Kier alpha value is -2.77. The quantitative estimate of drug-likeness (QED) is 0.399. The first-order valence-corrected chi connectivity index (χ1v) is 9.15. The molecule has 0 amide bonds. The Bertz CT molecular complexity index is 796. The van der Waals surface area contributed by atoms with E-state index in [1.807, 2.05) is 12.1 Å². The maximum Gasteiger partial charge on any atom is 0.293 e. The molecule has 0 saturated carbocycles. The summed E-state index contributed by atoms with van der Waals surface area (Å²) < 4.78 is 1.60. The van der Waals surface area contributed by atoms with E-state index in [0.29, 0.717) is 34.7 Å². The fraction of sp³-hybridized carbons (Fsp3) is 0.526. The van der Waals surface area contributed by atoms with Crippen molar-refractivity contribution in [3.8, 4) is 0 Å². The molecule has 1 aromatic heterocycles. The Labute approximate surface area is 160 Å². The number of nitro groups is 1. The van der Waals surface area contributed by atoms with Gasteiger partial charge in [0.15, 0.2) is 11.6 Å². The monoisotopic (exact) mass is 372 g/mol. The van der Waals surface area contributed by atoms with Gasteiger partial charge < -0.3 is 4.90 Å². The summed E-state index contributed by atoms with van der Waals surface area (Å²) in [4.78, 5) is 13.5. The van der Waals surface area contributed by atoms with E-state index in [1.54, 1.807) is 30.8 Å². The third-order valence-corrected chi connectivity index (χ3v) is 3.98. The molecule has 0 radical (unpaired) electrons. The van der Waals surface area contributed by atoms with Gasteiger partial charge in [-0.25, -0.2) is 4.68 Å². The zero-order chi connectivity index (χ0) is 20.1. The van der Waals surface area contributed by atoms with Gasteiger partial charge in [-0.05, 0) is 31.7 Å². The molecule has 1 heterocycles. The third kappa shape index (κ3) is 5.35. The topological polar surface area (TPSA) is 89.5 Å². The Morgan fingerprint density at radius 2 is 1.70 bits per heavy atom. The minimum Gasteiger partial charge on any atom is -0.365 e. The van der Waals surface area contributed by atoms with Crippen molar-refractivity contribution in [1.82, 2.24) is 14.9 Å². The van der Waals surface area contributed by atoms with Crippen molar-refractivity contribution in [3.05, 3.63) is 45.5 Å². The number of anilines is 1. The summed E-state index contributed by atoms with van der Waals surface area (Å²) in [5.74, 6) is 2.14. The highest BCUT2D eigenvalue weighted by Gasteiger charge is 2.21. The Balaban J connectivity index is 2.39. The molecule has 0 aliphatic heterocycles. The van der Waals surface area contributed by atoms with Crippen LogP contribution in [0.1, 0.15) is 44.9 Å². The van der Waals surface area contributed by atoms with Crippen molar-refractivity contribution in [2.24, 2.45) is 16.9 Å². The van der Waals surface area contributed by atoms with Crippen molar-refractivity contribution >= 4 is 17.6 Å². The normalized spacial score (nSPS) is 11.7. The number of nitro benzene ring substituents is 1. The molecular formula is C19H28N6O2. The molecule has 0 aliphatic carbocycles. The summed E-state index contributed by atoms with van der Waals surface area (Å²) in [6.07, 6.45) is 1.59. The Kier molecular flexibility index (Phi) is 6.65. The minimum atomic E-state index is -0.324. The Morgan fingerprint density at radius 1 is 1.15 bits per heavy atom. The van der Waals surface area contributed by atoms with Crippen molar-refractivity contribution in [2.45, 2.75) is 41.5 Å². The van der Waals surface area contributed by atoms with Gasteiger partial charge in [-0.15, -0.1) is 10.2 Å². The average molecular weight is 372 g/mol. The van der Waals surface area contributed by atoms with Gasteiger partial charge in [-0.3, -0.25) is 10.1 Å². The summed E-state index contributed by atoms with van der Waals surface area (Å²) in [6, 6.07) is 5.24. The second-order valence-corrected chi connectivity index (χ2v) is 7.55. The first-order valence-electron chi connectivity index (χ1n) is 9.15. The highest BCUT2D eigenvalue weighted by Crippen LogP contribution is 2.30. The van der Waals surface area contributed by atoms with Gasteiger partial charge in [0.1, 0.15) is 5.69 Å². The molecule has 8 heteroatoms. The highest BCUT2D eigenvalue weighted by molar-refractivity contribution is 5.83. The van der Waals surface area contributed by atoms with E-state index in [2.05, 4.69) is 47.9 Å². The smallest absolute Gasteiger partial charge is 0.293 e. The van der Waals surface area contributed by atoms with Crippen LogP contribution in [-0.4, -0.2) is 39.1 Å². The average Bonchev–Trinajstić information content (AvgIpc) is 2.89. The van der Waals surface area contributed by atoms with E-state index in [9.17, 15) is 10.1 Å². The molecule has 1 aromatic carbocycles. The molecular weight excluding hydrogens is 344 g/mol. The molecule has 0 spiro atoms. The lowest BCUT2D eigenvalue weighted by atomic mass is 10.1. The third-order valence-electron chi connectivity index (χ3n) is 3.98. The number of aromatic nitrogens is 3. The van der Waals surface area contributed by atoms with Crippen molar-refractivity contribution in [1.29, 1.82) is 0 Å². The maximum absolute atomic E-state index is 11.7. The molecule has 0 N–H and O–H groups in total. The lowest BCUT2D eigenvalue weighted by Gasteiger charge is -2.28. The summed E-state index contributed by atoms with van der Waals surface area (Å²) in [5.41, 5.74) is 1.40. The van der Waals surface area contributed by atoms with Gasteiger partial charge in [0, 0.05) is 24.7 Å². The van der Waals surface area contributed by atoms with Crippen LogP contribution in [0.4, 0.5) is 11.4 Å². The van der Waals surface area contributed by atoms with E-state index < -0.39 is 0 Å². The van der Waals surface area contributed by atoms with E-state index >= 15 is 0 Å². The number of aryl methyl sites for hydroxylation is 2. The number of benzene rings is 1. The molecule has 0 fully saturated rings. The van der Waals surface area contributed by atoms with Gasteiger partial charge in [0.25, 0.3) is 5.69 Å². The van der Waals surface area contributed by atoms with E-state index in [-0.39, 0.29) is 10.6 Å². The van der Waals surface area contributed by atoms with Crippen LogP contribution in [0, 0.1) is 35.8 Å². The molecule has 0 aliphatic rings. The lowest BCUT2D eigenvalue weighted by Crippen LogP contribution is -2.31. The second kappa shape index (κ2) is 8.75. The molecule has 8 nitrogen and oxygen atoms in total. The van der Waals surface area contributed by atoms with Crippen molar-refractivity contribution in [2.75, 3.05) is 18.0 Å². The number of hydrogen-bond donors (Lipinski definition) is 0. The first kappa shape index (κ1) is 20.5. The number of rotatable bonds is 8. The molecule has 0 unspecified atom stereocenters. The van der Waals surface area contributed by atoms with E-state index in [4.69, 9.17) is 0 Å². The van der Waals surface area contributed by atoms with Crippen LogP contribution in [-0.2, 0) is 0 Å². The lowest BCUT2D eigenvalue weighted by molar-refractivity contribution is -0.384. The molecule has 27 heavy (non-hydrogen) atoms. The highest BCUT2D eigenvalue weighted by atomic mass is 16.6. The summed E-state index contributed by atoms with van der Waals surface area (Å²) in [5, 5.41) is 23.9. The zero-order valence-electron chi connectivity index (χ0n) is 16.9. The Morgan fingerprint density at radius 3 is 2.19 bits per heavy atom. The molecule has 0 saturated heterocycles. The van der Waals surface area contributed by atoms with E-state index in [0.717, 1.165) is 13.1 Å². The zero-order valence-corrected chi connectivity index (χ0v) is 16.9. The number of hydrogen-bond acceptors (Lipinski definition) is 6. The number of nitrogens with zero attached hydrogens (tertiary/aromatic N) is 6. The van der Waals surface area contributed by atoms with Crippen molar-refractivity contribution < 1.29 is 4.92 Å². The van der Waals surface area contributed by atoms with Crippen LogP contribution >= 0.6 is 0 Å². The molecule has 0 atom stereocenters. The fourth-order valence-corrected chi connectivity index (χ4v) is 2.94. The summed E-state index contributed by atoms with van der Waals surface area (Å²) in [6.45, 7) is 13.6. The van der Waals surface area contributed by atoms with Crippen LogP contribution in [0.2, 0.25) is 0 Å². The summed E-state index contributed by atoms with van der Waals surface area (Å²) >= 11 is 0. The summed E-state index contributed by atoms with van der Waals surface area (Å²) in [7, 11) is 0. The van der Waals surface area contributed by atoms with Crippen molar-refractivity contribution in [3.63, 3.8) is 0 Å². The SMILES string of the molecule is Cc1nnc(C)n1/N=C/c1ccc(N(CC(C)C)CC(C)C)c([N+](=O)[O-])c1. The molecule has 2 aromatic rings. The van der Waals surface area contributed by atoms with Gasteiger partial charge >= 0.3 is 0 Å². The molecule has 0 bridgehead atoms. The van der Waals surface area contributed by atoms with Crippen LogP contribution in [0.15, 0.2) is 23.3 Å². The van der Waals surface area contributed by atoms with E-state index in [1.165, 1.54) is 0 Å². The largest absolute Gasteiger partial charge is 0.365 e. The minimum absolute atomic E-state index is 0.0949. The van der Waals surface area contributed by atoms with Crippen LogP contribution in [0.5, 0.6) is 0 Å². The predicted molar refractivity (Wildman–Crippen MR) is 107 cm³/mol. The van der Waals surface area contributed by atoms with Crippen LogP contribution < -0.4 is 4.90 Å². The van der Waals surface area contributed by atoms with Gasteiger partial charge in [-0.1, -0.05) is 33.8 Å². The maximum atomic E-state index is 11.7. The first-order chi connectivity index (χ1) is 12.7. The standard InChI is InChI=1S/C19H28N6O2/c1-13(2)11-23(12-14(3)4)18-8-7-17(9-19(18)25(26)27)10-20-24-15(5)21-22-16(24)6/h7-10,13-14H,11-12H2,1-6H3/b20-10+. The second-order valence-electron chi connectivity index (χ2n) is 7.55. The van der Waals surface area contributed by atoms with Gasteiger partial charge in [0.05, 0.1) is 11.1 Å². The fourth-order valence-electron chi connectivity index (χ4n) is 2.94. The molecule has 2 rings (SSSR count). The molecule has 146 valence electrons. The van der Waals surface area contributed by atoms with Gasteiger partial charge in [0.2, 0.25) is 0 Å². The van der Waals surface area contributed by atoms with Crippen LogP contribution in [0.3, 0.4) is 0 Å².